The molecule has 2 N–H and O–H groups in total. The number of benzene rings is 2. The largest absolute Gasteiger partial charge is 0.485 e. The standard InChI is InChI=1S/C32H38N2O6/c1-20(32(36)37)31(35)24-7-6-21-9-11-27(40-28(21)17-24)23-8-10-25(22-12-13-33-30(18-22)39-3)26(16-23)29(38-2)19-34-14-4-5-15-34/h6-8,10,12-13,16-18,20,27,29,31,35H,4-5,9,11,14-15,19H2,1-3H3,(H,36,37)/t20-,27?,29?,31+/m0/s1. The van der Waals surface area contributed by atoms with Crippen molar-refractivity contribution in [1.82, 2.24) is 9.88 Å². The second kappa shape index (κ2) is 12.4. The number of aromatic nitrogens is 1. The van der Waals surface area contributed by atoms with Gasteiger partial charge in [0.2, 0.25) is 5.88 Å². The van der Waals surface area contributed by atoms with Crippen LogP contribution >= 0.6 is 0 Å². The Labute approximate surface area is 235 Å². The van der Waals surface area contributed by atoms with Crippen molar-refractivity contribution in [2.24, 2.45) is 5.92 Å². The van der Waals surface area contributed by atoms with Gasteiger partial charge >= 0.3 is 5.97 Å². The Morgan fingerprint density at radius 3 is 2.65 bits per heavy atom. The molecule has 5 rings (SSSR count). The topological polar surface area (TPSA) is 101 Å². The van der Waals surface area contributed by atoms with Crippen molar-refractivity contribution < 1.29 is 29.2 Å². The van der Waals surface area contributed by atoms with Gasteiger partial charge in [0, 0.05) is 25.9 Å². The summed E-state index contributed by atoms with van der Waals surface area (Å²) in [6.07, 6.45) is 4.40. The molecule has 0 saturated carbocycles. The molecule has 1 saturated heterocycles. The van der Waals surface area contributed by atoms with Crippen molar-refractivity contribution in [3.63, 3.8) is 0 Å². The first-order valence-corrected chi connectivity index (χ1v) is 14.0. The zero-order valence-corrected chi connectivity index (χ0v) is 23.4. The maximum Gasteiger partial charge on any atom is 0.309 e. The van der Waals surface area contributed by atoms with Gasteiger partial charge in [-0.2, -0.15) is 0 Å². The number of methoxy groups -OCH3 is 2. The number of hydrogen-bond acceptors (Lipinski definition) is 7. The molecule has 212 valence electrons. The number of aryl methyl sites for hydroxylation is 1. The second-order valence-electron chi connectivity index (χ2n) is 10.7. The predicted molar refractivity (Wildman–Crippen MR) is 152 cm³/mol. The Balaban J connectivity index is 1.48. The maximum absolute atomic E-state index is 11.4. The van der Waals surface area contributed by atoms with Gasteiger partial charge in [0.05, 0.1) is 25.2 Å². The Kier molecular flexibility index (Phi) is 8.69. The Hall–Kier alpha value is -3.46. The van der Waals surface area contributed by atoms with Crippen LogP contribution in [0.1, 0.15) is 66.8 Å². The smallest absolute Gasteiger partial charge is 0.309 e. The van der Waals surface area contributed by atoms with Gasteiger partial charge in [-0.3, -0.25) is 4.79 Å². The van der Waals surface area contributed by atoms with E-state index in [2.05, 4.69) is 28.1 Å². The molecule has 2 aliphatic rings. The van der Waals surface area contributed by atoms with Crippen LogP contribution in [-0.4, -0.2) is 59.9 Å². The number of carbonyl (C=O) groups is 1. The van der Waals surface area contributed by atoms with E-state index in [4.69, 9.17) is 14.2 Å². The molecule has 8 nitrogen and oxygen atoms in total. The first-order chi connectivity index (χ1) is 19.4. The summed E-state index contributed by atoms with van der Waals surface area (Å²) >= 11 is 0. The van der Waals surface area contributed by atoms with Crippen LogP contribution in [0.5, 0.6) is 11.6 Å². The summed E-state index contributed by atoms with van der Waals surface area (Å²) < 4.78 is 18.0. The van der Waals surface area contributed by atoms with Crippen molar-refractivity contribution >= 4 is 5.97 Å². The van der Waals surface area contributed by atoms with Gasteiger partial charge in [-0.15, -0.1) is 0 Å². The van der Waals surface area contributed by atoms with Crippen LogP contribution in [0, 0.1) is 5.92 Å². The first-order valence-electron chi connectivity index (χ1n) is 14.0. The van der Waals surface area contributed by atoms with Crippen molar-refractivity contribution in [1.29, 1.82) is 0 Å². The van der Waals surface area contributed by atoms with E-state index >= 15 is 0 Å². The summed E-state index contributed by atoms with van der Waals surface area (Å²) in [5.41, 5.74) is 5.83. The van der Waals surface area contributed by atoms with Gasteiger partial charge in [0.1, 0.15) is 11.9 Å². The van der Waals surface area contributed by atoms with Crippen molar-refractivity contribution in [2.75, 3.05) is 33.9 Å². The number of aliphatic hydroxyl groups excluding tert-OH is 1. The SMILES string of the molecule is COc1cc(-c2ccc(C3CCc4ccc([C@H](O)[C@H](C)C(=O)O)cc4O3)cc2C(CN2CCCC2)OC)ccn1. The number of carboxylic acid groups (broad SMARTS) is 1. The lowest BCUT2D eigenvalue weighted by atomic mass is 9.89. The minimum atomic E-state index is -1.11. The van der Waals surface area contributed by atoms with E-state index in [9.17, 15) is 15.0 Å². The molecule has 0 spiro atoms. The summed E-state index contributed by atoms with van der Waals surface area (Å²) in [6.45, 7) is 4.48. The first kappa shape index (κ1) is 28.1. The minimum absolute atomic E-state index is 0.123. The Bertz CT molecular complexity index is 1340. The molecule has 0 radical (unpaired) electrons. The Morgan fingerprint density at radius 1 is 1.12 bits per heavy atom. The van der Waals surface area contributed by atoms with Crippen LogP contribution in [-0.2, 0) is 16.0 Å². The van der Waals surface area contributed by atoms with Gasteiger partial charge in [-0.1, -0.05) is 24.3 Å². The van der Waals surface area contributed by atoms with E-state index in [0.29, 0.717) is 17.2 Å². The van der Waals surface area contributed by atoms with E-state index in [1.807, 2.05) is 18.2 Å². The molecule has 8 heteroatoms. The molecular weight excluding hydrogens is 508 g/mol. The van der Waals surface area contributed by atoms with Crippen LogP contribution in [0.25, 0.3) is 11.1 Å². The average molecular weight is 547 g/mol. The van der Waals surface area contributed by atoms with Crippen LogP contribution in [0.2, 0.25) is 0 Å². The number of aliphatic hydroxyl groups is 1. The molecular formula is C32H38N2O6. The number of nitrogens with zero attached hydrogens (tertiary/aromatic N) is 2. The van der Waals surface area contributed by atoms with E-state index in [0.717, 1.165) is 60.3 Å². The average Bonchev–Trinajstić information content (AvgIpc) is 3.51. The number of carboxylic acids is 1. The fraction of sp³-hybridized carbons (Fsp3) is 0.438. The summed E-state index contributed by atoms with van der Waals surface area (Å²) in [6, 6.07) is 15.9. The number of likely N-dealkylation sites (tertiary alicyclic amines) is 1. The maximum atomic E-state index is 11.4. The summed E-state index contributed by atoms with van der Waals surface area (Å²) in [5, 5.41) is 19.9. The third kappa shape index (κ3) is 5.99. The summed E-state index contributed by atoms with van der Waals surface area (Å²) in [4.78, 5) is 18.1. The lowest BCUT2D eigenvalue weighted by Gasteiger charge is -2.30. The van der Waals surface area contributed by atoms with Crippen molar-refractivity contribution in [3.8, 4) is 22.8 Å². The molecule has 1 aromatic heterocycles. The Morgan fingerprint density at radius 2 is 1.93 bits per heavy atom. The van der Waals surface area contributed by atoms with Crippen molar-refractivity contribution in [3.05, 3.63) is 77.0 Å². The molecule has 3 aromatic rings. The van der Waals surface area contributed by atoms with Gasteiger partial charge in [-0.05, 0) is 97.3 Å². The molecule has 4 atom stereocenters. The molecule has 2 aliphatic heterocycles. The van der Waals surface area contributed by atoms with Gasteiger partial charge in [0.15, 0.2) is 0 Å². The normalized spacial score (nSPS) is 19.4. The number of pyridine rings is 1. The summed E-state index contributed by atoms with van der Waals surface area (Å²) in [7, 11) is 3.38. The highest BCUT2D eigenvalue weighted by Crippen LogP contribution is 2.40. The van der Waals surface area contributed by atoms with Gasteiger partial charge in [-0.25, -0.2) is 4.98 Å². The van der Waals surface area contributed by atoms with Crippen LogP contribution in [0.4, 0.5) is 0 Å². The molecule has 0 amide bonds. The molecule has 40 heavy (non-hydrogen) atoms. The number of fused-ring (bicyclic) bond motifs is 1. The van der Waals surface area contributed by atoms with Crippen LogP contribution in [0.15, 0.2) is 54.7 Å². The zero-order chi connectivity index (χ0) is 28.2. The van der Waals surface area contributed by atoms with Crippen LogP contribution < -0.4 is 9.47 Å². The fourth-order valence-corrected chi connectivity index (χ4v) is 5.73. The number of aliphatic carboxylic acids is 1. The molecule has 3 heterocycles. The van der Waals surface area contributed by atoms with E-state index in [1.165, 1.54) is 19.8 Å². The monoisotopic (exact) mass is 546 g/mol. The quantitative estimate of drug-likeness (QED) is 0.351. The molecule has 1 fully saturated rings. The van der Waals surface area contributed by atoms with Gasteiger partial charge in [0.25, 0.3) is 0 Å². The molecule has 0 bridgehead atoms. The second-order valence-corrected chi connectivity index (χ2v) is 10.7. The lowest BCUT2D eigenvalue weighted by molar-refractivity contribution is -0.145. The number of hydrogen-bond donors (Lipinski definition) is 2. The number of rotatable bonds is 10. The molecule has 2 aromatic carbocycles. The lowest BCUT2D eigenvalue weighted by Crippen LogP contribution is -2.27. The van der Waals surface area contributed by atoms with E-state index in [1.54, 1.807) is 32.5 Å². The highest BCUT2D eigenvalue weighted by molar-refractivity contribution is 5.71. The number of ether oxygens (including phenoxy) is 3. The molecule has 2 unspecified atom stereocenters. The predicted octanol–water partition coefficient (Wildman–Crippen LogP) is 5.36. The van der Waals surface area contributed by atoms with E-state index < -0.39 is 18.0 Å². The third-order valence-electron chi connectivity index (χ3n) is 8.20. The highest BCUT2D eigenvalue weighted by atomic mass is 16.5. The third-order valence-corrected chi connectivity index (χ3v) is 8.20. The van der Waals surface area contributed by atoms with Crippen molar-refractivity contribution in [2.45, 2.75) is 50.9 Å². The van der Waals surface area contributed by atoms with Crippen LogP contribution in [0.3, 0.4) is 0 Å². The summed E-state index contributed by atoms with van der Waals surface area (Å²) in [5.74, 6) is -0.704. The fourth-order valence-electron chi connectivity index (χ4n) is 5.73. The van der Waals surface area contributed by atoms with E-state index in [-0.39, 0.29) is 12.2 Å². The zero-order valence-electron chi connectivity index (χ0n) is 23.4. The van der Waals surface area contributed by atoms with Gasteiger partial charge < -0.3 is 29.3 Å². The highest BCUT2D eigenvalue weighted by Gasteiger charge is 2.28. The molecule has 0 aliphatic carbocycles. The minimum Gasteiger partial charge on any atom is -0.485 e.